The molecule has 0 radical (unpaired) electrons. The van der Waals surface area contributed by atoms with Gasteiger partial charge in [-0.25, -0.2) is 15.4 Å². The van der Waals surface area contributed by atoms with Crippen molar-refractivity contribution in [3.63, 3.8) is 0 Å². The Morgan fingerprint density at radius 3 is 2.37 bits per heavy atom. The Kier molecular flexibility index (Phi) is 9.52. The molecule has 1 atom stereocenters. The summed E-state index contributed by atoms with van der Waals surface area (Å²) in [4.78, 5) is 47.1. The summed E-state index contributed by atoms with van der Waals surface area (Å²) in [5.74, 6) is -1.17. The Balaban J connectivity index is 1.77. The summed E-state index contributed by atoms with van der Waals surface area (Å²) >= 11 is 1.19. The molecule has 0 saturated heterocycles. The molecule has 3 amide bonds. The lowest BCUT2D eigenvalue weighted by atomic mass is 10.0. The summed E-state index contributed by atoms with van der Waals surface area (Å²) in [5, 5.41) is 12.0. The van der Waals surface area contributed by atoms with Gasteiger partial charge < -0.3 is 10.2 Å². The number of carbonyl (C=O) groups is 3. The van der Waals surface area contributed by atoms with Gasteiger partial charge in [0.25, 0.3) is 5.91 Å². The number of hydrogen-bond acceptors (Lipinski definition) is 7. The first-order valence-electron chi connectivity index (χ1n) is 10.7. The van der Waals surface area contributed by atoms with Gasteiger partial charge >= 0.3 is 0 Å². The highest BCUT2D eigenvalue weighted by Crippen LogP contribution is 2.23. The van der Waals surface area contributed by atoms with Crippen molar-refractivity contribution in [3.05, 3.63) is 95.8 Å². The molecule has 3 N–H and O–H groups in total. The van der Waals surface area contributed by atoms with Crippen molar-refractivity contribution < 1.29 is 19.6 Å². The van der Waals surface area contributed by atoms with E-state index in [0.717, 1.165) is 5.56 Å². The first kappa shape index (κ1) is 25.6. The first-order chi connectivity index (χ1) is 17.0. The van der Waals surface area contributed by atoms with Crippen LogP contribution in [0.2, 0.25) is 0 Å². The van der Waals surface area contributed by atoms with Gasteiger partial charge in [-0.2, -0.15) is 0 Å². The number of carbonyl (C=O) groups excluding carboxylic acids is 3. The Morgan fingerprint density at radius 2 is 1.71 bits per heavy atom. The van der Waals surface area contributed by atoms with Gasteiger partial charge in [-0.05, 0) is 28.8 Å². The maximum atomic E-state index is 13.2. The Labute approximate surface area is 207 Å². The van der Waals surface area contributed by atoms with Crippen LogP contribution < -0.4 is 10.8 Å². The third-order valence-electron chi connectivity index (χ3n) is 4.99. The van der Waals surface area contributed by atoms with Crippen LogP contribution in [0.1, 0.15) is 22.7 Å². The first-order valence-corrected chi connectivity index (χ1v) is 11.7. The van der Waals surface area contributed by atoms with Crippen molar-refractivity contribution >= 4 is 35.6 Å². The molecule has 3 rings (SSSR count). The third kappa shape index (κ3) is 7.76. The zero-order valence-electron chi connectivity index (χ0n) is 19.0. The van der Waals surface area contributed by atoms with Gasteiger partial charge in [0, 0.05) is 32.1 Å². The number of nitrogens with one attached hydrogen (secondary N) is 2. The molecular formula is C25H25N5O4S. The zero-order valence-corrected chi connectivity index (χ0v) is 19.8. The summed E-state index contributed by atoms with van der Waals surface area (Å²) in [6.07, 6.45) is 5.90. The van der Waals surface area contributed by atoms with Crippen LogP contribution in [0.4, 0.5) is 0 Å². The van der Waals surface area contributed by atoms with Gasteiger partial charge in [-0.3, -0.25) is 19.6 Å². The SMILES string of the molecule is CN(C(=O)CSc1ncccn1)C(C(=O)NCc1ccccc1)c1ccc(C=CC(=O)NO)cc1. The van der Waals surface area contributed by atoms with Crippen LogP contribution in [0.5, 0.6) is 0 Å². The molecule has 0 fully saturated rings. The lowest BCUT2D eigenvalue weighted by Crippen LogP contribution is -2.42. The smallest absolute Gasteiger partial charge is 0.267 e. The summed E-state index contributed by atoms with van der Waals surface area (Å²) < 4.78 is 0. The van der Waals surface area contributed by atoms with E-state index in [2.05, 4.69) is 15.3 Å². The van der Waals surface area contributed by atoms with Gasteiger partial charge in [-0.15, -0.1) is 0 Å². The second-order valence-electron chi connectivity index (χ2n) is 7.41. The maximum Gasteiger partial charge on any atom is 0.267 e. The van der Waals surface area contributed by atoms with Crippen molar-refractivity contribution in [3.8, 4) is 0 Å². The number of thioether (sulfide) groups is 1. The molecule has 0 aliphatic heterocycles. The van der Waals surface area contributed by atoms with Gasteiger partial charge in [-0.1, -0.05) is 66.4 Å². The molecule has 0 aliphatic carbocycles. The number of aromatic nitrogens is 2. The average molecular weight is 492 g/mol. The van der Waals surface area contributed by atoms with Gasteiger partial charge in [0.05, 0.1) is 5.75 Å². The minimum atomic E-state index is -0.873. The van der Waals surface area contributed by atoms with Crippen LogP contribution in [0, 0.1) is 0 Å². The van der Waals surface area contributed by atoms with E-state index >= 15 is 0 Å². The van der Waals surface area contributed by atoms with E-state index in [0.29, 0.717) is 22.8 Å². The molecule has 1 heterocycles. The predicted molar refractivity (Wildman–Crippen MR) is 132 cm³/mol. The van der Waals surface area contributed by atoms with E-state index in [-0.39, 0.29) is 17.6 Å². The molecule has 0 saturated carbocycles. The zero-order chi connectivity index (χ0) is 25.0. The lowest BCUT2D eigenvalue weighted by molar-refractivity contribution is -0.137. The summed E-state index contributed by atoms with van der Waals surface area (Å²) in [5.41, 5.74) is 3.76. The summed E-state index contributed by atoms with van der Waals surface area (Å²) in [6.45, 7) is 0.321. The number of likely N-dealkylation sites (N-methyl/N-ethyl adjacent to an activating group) is 1. The Bertz CT molecular complexity index is 1160. The molecule has 3 aromatic rings. The van der Waals surface area contributed by atoms with E-state index in [9.17, 15) is 14.4 Å². The quantitative estimate of drug-likeness (QED) is 0.131. The highest BCUT2D eigenvalue weighted by Gasteiger charge is 2.28. The summed E-state index contributed by atoms with van der Waals surface area (Å²) in [6, 6.07) is 17.2. The van der Waals surface area contributed by atoms with Crippen molar-refractivity contribution in [1.29, 1.82) is 0 Å². The standard InChI is InChI=1S/C25H25N5O4S/c1-30(22(32)17-35-25-26-14-5-15-27-25)23(24(33)28-16-19-6-3-2-4-7-19)20-11-8-18(9-12-20)10-13-21(31)29-34/h2-15,23,34H,16-17H2,1H3,(H,28,33)(H,29,31). The number of benzene rings is 2. The van der Waals surface area contributed by atoms with Gasteiger partial charge in [0.1, 0.15) is 6.04 Å². The molecule has 1 aromatic heterocycles. The fraction of sp³-hybridized carbons (Fsp3) is 0.160. The van der Waals surface area contributed by atoms with E-state index in [4.69, 9.17) is 5.21 Å². The van der Waals surface area contributed by atoms with Crippen molar-refractivity contribution in [2.75, 3.05) is 12.8 Å². The van der Waals surface area contributed by atoms with E-state index in [1.807, 2.05) is 30.3 Å². The van der Waals surface area contributed by atoms with E-state index < -0.39 is 11.9 Å². The molecule has 2 aromatic carbocycles. The predicted octanol–water partition coefficient (Wildman–Crippen LogP) is 2.60. The maximum absolute atomic E-state index is 13.2. The van der Waals surface area contributed by atoms with Gasteiger partial charge in [0.2, 0.25) is 11.8 Å². The second kappa shape index (κ2) is 13.0. The molecule has 0 bridgehead atoms. The summed E-state index contributed by atoms with van der Waals surface area (Å²) in [7, 11) is 1.58. The number of amides is 3. The largest absolute Gasteiger partial charge is 0.350 e. The number of hydroxylamine groups is 1. The Morgan fingerprint density at radius 1 is 1.03 bits per heavy atom. The molecule has 0 spiro atoms. The van der Waals surface area contributed by atoms with Crippen LogP contribution in [0.25, 0.3) is 6.08 Å². The van der Waals surface area contributed by atoms with Crippen LogP contribution in [-0.4, -0.2) is 50.6 Å². The monoisotopic (exact) mass is 491 g/mol. The highest BCUT2D eigenvalue weighted by molar-refractivity contribution is 7.99. The van der Waals surface area contributed by atoms with Crippen LogP contribution >= 0.6 is 11.8 Å². The fourth-order valence-corrected chi connectivity index (χ4v) is 3.89. The topological polar surface area (TPSA) is 125 Å². The molecule has 10 heteroatoms. The Hall–Kier alpha value is -4.02. The number of hydrogen-bond donors (Lipinski definition) is 3. The van der Waals surface area contributed by atoms with Gasteiger partial charge in [0.15, 0.2) is 5.16 Å². The van der Waals surface area contributed by atoms with Crippen LogP contribution in [0.15, 0.2) is 84.3 Å². The highest BCUT2D eigenvalue weighted by atomic mass is 32.2. The van der Waals surface area contributed by atoms with Crippen LogP contribution in [-0.2, 0) is 20.9 Å². The molecule has 0 aliphatic rings. The fourth-order valence-electron chi connectivity index (χ4n) is 3.16. The van der Waals surface area contributed by atoms with Crippen LogP contribution in [0.3, 0.4) is 0 Å². The van der Waals surface area contributed by atoms with Crippen molar-refractivity contribution in [2.24, 2.45) is 0 Å². The van der Waals surface area contributed by atoms with Crippen molar-refractivity contribution in [2.45, 2.75) is 17.7 Å². The second-order valence-corrected chi connectivity index (χ2v) is 8.35. The molecule has 1 unspecified atom stereocenters. The van der Waals surface area contributed by atoms with Crippen molar-refractivity contribution in [1.82, 2.24) is 25.7 Å². The molecule has 180 valence electrons. The molecule has 35 heavy (non-hydrogen) atoms. The normalized spacial score (nSPS) is 11.6. The number of rotatable bonds is 10. The third-order valence-corrected chi connectivity index (χ3v) is 5.86. The minimum absolute atomic E-state index is 0.0695. The minimum Gasteiger partial charge on any atom is -0.350 e. The average Bonchev–Trinajstić information content (AvgIpc) is 2.91. The number of nitrogens with zero attached hydrogens (tertiary/aromatic N) is 3. The molecule has 9 nitrogen and oxygen atoms in total. The van der Waals surface area contributed by atoms with E-state index in [1.165, 1.54) is 34.3 Å². The van der Waals surface area contributed by atoms with E-state index in [1.54, 1.807) is 49.8 Å². The molecular weight excluding hydrogens is 466 g/mol. The lowest BCUT2D eigenvalue weighted by Gasteiger charge is -2.28.